The summed E-state index contributed by atoms with van der Waals surface area (Å²) in [6, 6.07) is 10.3. The molecule has 1 aromatic heterocycles. The molecule has 138 valence electrons. The van der Waals surface area contributed by atoms with Gasteiger partial charge < -0.3 is 15.1 Å². The first kappa shape index (κ1) is 17.5. The third-order valence-corrected chi connectivity index (χ3v) is 4.97. The summed E-state index contributed by atoms with van der Waals surface area (Å²) in [7, 11) is 0. The Balaban J connectivity index is 1.38. The molecular weight excluding hydrogens is 368 g/mol. The van der Waals surface area contributed by atoms with Crippen molar-refractivity contribution >= 4 is 34.8 Å². The summed E-state index contributed by atoms with van der Waals surface area (Å²) in [6.45, 7) is 0.941. The minimum atomic E-state index is -0.635. The first-order valence-corrected chi connectivity index (χ1v) is 8.94. The van der Waals surface area contributed by atoms with Crippen LogP contribution < -0.4 is 5.32 Å². The fourth-order valence-electron chi connectivity index (χ4n) is 3.30. The smallest absolute Gasteiger partial charge is 0.273 e. The maximum Gasteiger partial charge on any atom is 0.273 e. The van der Waals surface area contributed by atoms with E-state index in [0.717, 1.165) is 0 Å². The van der Waals surface area contributed by atoms with Crippen molar-refractivity contribution in [3.8, 4) is 0 Å². The summed E-state index contributed by atoms with van der Waals surface area (Å²) < 4.78 is 0. The number of anilines is 1. The number of carbonyl (C=O) groups excluding carboxylic acids is 2. The summed E-state index contributed by atoms with van der Waals surface area (Å²) in [5.74, 6) is -0.400. The topological polar surface area (TPSA) is 83.9 Å². The number of pyridine rings is 1. The lowest BCUT2D eigenvalue weighted by molar-refractivity contribution is -0.110. The van der Waals surface area contributed by atoms with Crippen molar-refractivity contribution in [2.24, 2.45) is 5.16 Å². The lowest BCUT2D eigenvalue weighted by Crippen LogP contribution is -2.37. The molecule has 8 heteroatoms. The van der Waals surface area contributed by atoms with Gasteiger partial charge in [0, 0.05) is 36.2 Å². The van der Waals surface area contributed by atoms with Gasteiger partial charge in [0.2, 0.25) is 0 Å². The van der Waals surface area contributed by atoms with Crippen LogP contribution in [0.25, 0.3) is 0 Å². The Kier molecular flexibility index (Phi) is 4.53. The summed E-state index contributed by atoms with van der Waals surface area (Å²) in [5.41, 5.74) is 0.852. The van der Waals surface area contributed by atoms with Crippen molar-refractivity contribution in [1.29, 1.82) is 0 Å². The van der Waals surface area contributed by atoms with Gasteiger partial charge in [0.05, 0.1) is 18.4 Å². The van der Waals surface area contributed by atoms with Gasteiger partial charge in [-0.25, -0.2) is 0 Å². The predicted octanol–water partition coefficient (Wildman–Crippen LogP) is 2.73. The predicted molar refractivity (Wildman–Crippen MR) is 101 cm³/mol. The van der Waals surface area contributed by atoms with Gasteiger partial charge >= 0.3 is 0 Å². The van der Waals surface area contributed by atoms with Crippen LogP contribution in [0.5, 0.6) is 0 Å². The van der Waals surface area contributed by atoms with Crippen LogP contribution in [0.2, 0.25) is 5.02 Å². The van der Waals surface area contributed by atoms with E-state index in [4.69, 9.17) is 16.4 Å². The molecule has 1 saturated heterocycles. The first-order chi connectivity index (χ1) is 13.0. The molecule has 2 aromatic rings. The van der Waals surface area contributed by atoms with E-state index in [0.29, 0.717) is 47.9 Å². The number of carbonyl (C=O) groups is 2. The van der Waals surface area contributed by atoms with E-state index < -0.39 is 5.60 Å². The molecule has 2 aliphatic heterocycles. The van der Waals surface area contributed by atoms with Crippen LogP contribution >= 0.6 is 11.6 Å². The quantitative estimate of drug-likeness (QED) is 0.881. The lowest BCUT2D eigenvalue weighted by atomic mass is 9.96. The molecule has 1 atom stereocenters. The number of hydrogen-bond acceptors (Lipinski definition) is 5. The van der Waals surface area contributed by atoms with Gasteiger partial charge in [-0.3, -0.25) is 14.6 Å². The SMILES string of the molecule is O=C(Nc1cccnc1)C1=NOC2(CCN(C(=O)c3ccc(Cl)cc3)C2)C1. The number of likely N-dealkylation sites (tertiary alicyclic amines) is 1. The molecule has 7 nitrogen and oxygen atoms in total. The number of oxime groups is 1. The van der Waals surface area contributed by atoms with Crippen molar-refractivity contribution in [2.75, 3.05) is 18.4 Å². The lowest BCUT2D eigenvalue weighted by Gasteiger charge is -2.21. The number of nitrogens with zero attached hydrogens (tertiary/aromatic N) is 3. The molecule has 0 radical (unpaired) electrons. The molecule has 1 unspecified atom stereocenters. The van der Waals surface area contributed by atoms with Gasteiger partial charge in [-0.1, -0.05) is 16.8 Å². The fourth-order valence-corrected chi connectivity index (χ4v) is 3.42. The average Bonchev–Trinajstić information content (AvgIpc) is 3.30. The molecule has 1 fully saturated rings. The Hall–Kier alpha value is -2.93. The Labute approximate surface area is 161 Å². The first-order valence-electron chi connectivity index (χ1n) is 8.56. The molecule has 27 heavy (non-hydrogen) atoms. The number of halogens is 1. The second-order valence-electron chi connectivity index (χ2n) is 6.67. The number of rotatable bonds is 3. The highest BCUT2D eigenvalue weighted by Gasteiger charge is 2.48. The van der Waals surface area contributed by atoms with Crippen LogP contribution in [0.3, 0.4) is 0 Å². The molecule has 0 saturated carbocycles. The molecule has 2 aliphatic rings. The Morgan fingerprint density at radius 1 is 1.22 bits per heavy atom. The molecule has 3 heterocycles. The number of amides is 2. The Morgan fingerprint density at radius 3 is 2.78 bits per heavy atom. The molecule has 4 rings (SSSR count). The van der Waals surface area contributed by atoms with Crippen LogP contribution in [-0.2, 0) is 9.63 Å². The van der Waals surface area contributed by atoms with Crippen molar-refractivity contribution in [2.45, 2.75) is 18.4 Å². The molecule has 0 aliphatic carbocycles. The maximum atomic E-state index is 12.7. The monoisotopic (exact) mass is 384 g/mol. The van der Waals surface area contributed by atoms with Crippen molar-refractivity contribution in [3.05, 3.63) is 59.4 Å². The second-order valence-corrected chi connectivity index (χ2v) is 7.10. The standard InChI is InChI=1S/C19H17ClN4O3/c20-14-5-3-13(4-6-14)18(26)24-9-7-19(12-24)10-16(23-27-19)17(25)22-15-2-1-8-21-11-15/h1-6,8,11H,7,9-10,12H2,(H,22,25). The van der Waals surface area contributed by atoms with Gasteiger partial charge in [-0.15, -0.1) is 0 Å². The fraction of sp³-hybridized carbons (Fsp3) is 0.263. The molecular formula is C19H17ClN4O3. The third kappa shape index (κ3) is 3.64. The zero-order valence-corrected chi connectivity index (χ0v) is 15.1. The van der Waals surface area contributed by atoms with Gasteiger partial charge in [0.1, 0.15) is 5.71 Å². The van der Waals surface area contributed by atoms with E-state index in [9.17, 15) is 9.59 Å². The van der Waals surface area contributed by atoms with E-state index in [1.807, 2.05) is 0 Å². The number of nitrogens with one attached hydrogen (secondary N) is 1. The van der Waals surface area contributed by atoms with E-state index in [-0.39, 0.29) is 11.8 Å². The summed E-state index contributed by atoms with van der Waals surface area (Å²) >= 11 is 5.88. The average molecular weight is 385 g/mol. The Bertz CT molecular complexity index is 901. The summed E-state index contributed by atoms with van der Waals surface area (Å²) in [6.07, 6.45) is 4.18. The highest BCUT2D eigenvalue weighted by molar-refractivity contribution is 6.43. The highest BCUT2D eigenvalue weighted by Crippen LogP contribution is 2.34. The molecule has 1 N–H and O–H groups in total. The zero-order chi connectivity index (χ0) is 18.9. The summed E-state index contributed by atoms with van der Waals surface area (Å²) in [4.78, 5) is 36.3. The van der Waals surface area contributed by atoms with E-state index >= 15 is 0 Å². The second kappa shape index (κ2) is 7.00. The minimum absolute atomic E-state index is 0.0830. The minimum Gasteiger partial charge on any atom is -0.386 e. The van der Waals surface area contributed by atoms with E-state index in [2.05, 4.69) is 15.5 Å². The molecule has 1 aromatic carbocycles. The van der Waals surface area contributed by atoms with Gasteiger partial charge in [-0.2, -0.15) is 0 Å². The van der Waals surface area contributed by atoms with Gasteiger partial charge in [0.15, 0.2) is 5.60 Å². The largest absolute Gasteiger partial charge is 0.386 e. The van der Waals surface area contributed by atoms with Crippen LogP contribution in [0.15, 0.2) is 53.9 Å². The van der Waals surface area contributed by atoms with Crippen LogP contribution in [0, 0.1) is 0 Å². The third-order valence-electron chi connectivity index (χ3n) is 4.72. The molecule has 1 spiro atoms. The van der Waals surface area contributed by atoms with Crippen molar-refractivity contribution in [1.82, 2.24) is 9.88 Å². The van der Waals surface area contributed by atoms with Crippen LogP contribution in [-0.4, -0.2) is 46.1 Å². The summed E-state index contributed by atoms with van der Waals surface area (Å²) in [5, 5.41) is 7.31. The van der Waals surface area contributed by atoms with Crippen molar-refractivity contribution < 1.29 is 14.4 Å². The normalized spacial score (nSPS) is 21.1. The van der Waals surface area contributed by atoms with Gasteiger partial charge in [0.25, 0.3) is 11.8 Å². The van der Waals surface area contributed by atoms with E-state index in [1.54, 1.807) is 53.7 Å². The zero-order valence-electron chi connectivity index (χ0n) is 14.4. The van der Waals surface area contributed by atoms with Gasteiger partial charge in [-0.05, 0) is 36.4 Å². The van der Waals surface area contributed by atoms with Crippen molar-refractivity contribution in [3.63, 3.8) is 0 Å². The number of benzene rings is 1. The van der Waals surface area contributed by atoms with E-state index in [1.165, 1.54) is 0 Å². The Morgan fingerprint density at radius 2 is 2.04 bits per heavy atom. The molecule has 2 amide bonds. The maximum absolute atomic E-state index is 12.7. The number of aromatic nitrogens is 1. The number of hydrogen-bond donors (Lipinski definition) is 1. The van der Waals surface area contributed by atoms with Crippen LogP contribution in [0.4, 0.5) is 5.69 Å². The van der Waals surface area contributed by atoms with Crippen LogP contribution in [0.1, 0.15) is 23.2 Å². The molecule has 0 bridgehead atoms. The highest BCUT2D eigenvalue weighted by atomic mass is 35.5.